The van der Waals surface area contributed by atoms with E-state index in [-0.39, 0.29) is 11.6 Å². The molecule has 1 aliphatic carbocycles. The number of ketones is 2. The summed E-state index contributed by atoms with van der Waals surface area (Å²) in [5.41, 5.74) is 1.42. The molecule has 2 heteroatoms. The first-order chi connectivity index (χ1) is 6.20. The average Bonchev–Trinajstić information content (AvgIpc) is 2.12. The first kappa shape index (κ1) is 9.90. The molecule has 0 N–H and O–H groups in total. The molecular formula is C11H14O2. The summed E-state index contributed by atoms with van der Waals surface area (Å²) in [4.78, 5) is 22.8. The van der Waals surface area contributed by atoms with Crippen LogP contribution >= 0.6 is 0 Å². The number of hydrogen-bond acceptors (Lipinski definition) is 2. The van der Waals surface area contributed by atoms with Crippen LogP contribution in [0.3, 0.4) is 0 Å². The molecular weight excluding hydrogens is 164 g/mol. The second kappa shape index (κ2) is 4.17. The van der Waals surface area contributed by atoms with Gasteiger partial charge in [-0.25, -0.2) is 0 Å². The van der Waals surface area contributed by atoms with Gasteiger partial charge in [0.2, 0.25) is 0 Å². The Balaban J connectivity index is 3.03. The van der Waals surface area contributed by atoms with E-state index in [0.29, 0.717) is 12.0 Å². The standard InChI is InChI=1S/C11H14O2/c1-3-5-9-8(4-2)10(12)6-7-11(9)13/h6-7H,3-5H2,1-2H3. The highest BCUT2D eigenvalue weighted by Crippen LogP contribution is 2.20. The fourth-order valence-electron chi connectivity index (χ4n) is 1.56. The quantitative estimate of drug-likeness (QED) is 0.621. The van der Waals surface area contributed by atoms with Crippen molar-refractivity contribution in [1.82, 2.24) is 0 Å². The van der Waals surface area contributed by atoms with Crippen molar-refractivity contribution >= 4 is 11.6 Å². The van der Waals surface area contributed by atoms with Crippen molar-refractivity contribution in [3.8, 4) is 0 Å². The van der Waals surface area contributed by atoms with Gasteiger partial charge in [0.1, 0.15) is 0 Å². The Hall–Kier alpha value is -1.18. The smallest absolute Gasteiger partial charge is 0.182 e. The highest BCUT2D eigenvalue weighted by atomic mass is 16.1. The second-order valence-electron chi connectivity index (χ2n) is 3.12. The van der Waals surface area contributed by atoms with E-state index in [2.05, 4.69) is 0 Å². The molecule has 1 rings (SSSR count). The fraction of sp³-hybridized carbons (Fsp3) is 0.455. The Kier molecular flexibility index (Phi) is 3.18. The predicted molar refractivity (Wildman–Crippen MR) is 51.4 cm³/mol. The minimum Gasteiger partial charge on any atom is -0.290 e. The second-order valence-corrected chi connectivity index (χ2v) is 3.12. The molecule has 0 saturated carbocycles. The minimum atomic E-state index is 0.00514. The minimum absolute atomic E-state index is 0.00514. The zero-order chi connectivity index (χ0) is 9.84. The molecule has 0 bridgehead atoms. The van der Waals surface area contributed by atoms with E-state index in [1.165, 1.54) is 12.2 Å². The summed E-state index contributed by atoms with van der Waals surface area (Å²) < 4.78 is 0. The van der Waals surface area contributed by atoms with Crippen molar-refractivity contribution in [3.63, 3.8) is 0 Å². The molecule has 1 aliphatic rings. The van der Waals surface area contributed by atoms with Gasteiger partial charge in [0.05, 0.1) is 0 Å². The summed E-state index contributed by atoms with van der Waals surface area (Å²) in [6, 6.07) is 0. The maximum atomic E-state index is 11.4. The van der Waals surface area contributed by atoms with Crippen LogP contribution in [0.2, 0.25) is 0 Å². The van der Waals surface area contributed by atoms with Gasteiger partial charge in [0.25, 0.3) is 0 Å². The molecule has 0 fully saturated rings. The summed E-state index contributed by atoms with van der Waals surface area (Å²) in [5, 5.41) is 0. The molecule has 0 saturated heterocycles. The molecule has 0 amide bonds. The van der Waals surface area contributed by atoms with Crippen LogP contribution in [0.5, 0.6) is 0 Å². The van der Waals surface area contributed by atoms with Gasteiger partial charge in [0.15, 0.2) is 11.6 Å². The molecule has 0 radical (unpaired) electrons. The summed E-state index contributed by atoms with van der Waals surface area (Å²) in [6.07, 6.45) is 5.04. The molecule has 0 aliphatic heterocycles. The molecule has 0 aromatic heterocycles. The van der Waals surface area contributed by atoms with Crippen LogP contribution in [-0.2, 0) is 9.59 Å². The Morgan fingerprint density at radius 3 is 2.00 bits per heavy atom. The fourth-order valence-corrected chi connectivity index (χ4v) is 1.56. The van der Waals surface area contributed by atoms with Crippen LogP contribution < -0.4 is 0 Å². The van der Waals surface area contributed by atoms with Gasteiger partial charge >= 0.3 is 0 Å². The highest BCUT2D eigenvalue weighted by Gasteiger charge is 2.19. The Morgan fingerprint density at radius 1 is 1.00 bits per heavy atom. The van der Waals surface area contributed by atoms with Crippen molar-refractivity contribution in [2.45, 2.75) is 33.1 Å². The summed E-state index contributed by atoms with van der Waals surface area (Å²) in [5.74, 6) is 0.0175. The third-order valence-corrected chi connectivity index (χ3v) is 2.20. The number of hydrogen-bond donors (Lipinski definition) is 0. The summed E-state index contributed by atoms with van der Waals surface area (Å²) >= 11 is 0. The molecule has 70 valence electrons. The summed E-state index contributed by atoms with van der Waals surface area (Å²) in [6.45, 7) is 3.92. The van der Waals surface area contributed by atoms with Crippen LogP contribution in [0.4, 0.5) is 0 Å². The lowest BCUT2D eigenvalue weighted by molar-refractivity contribution is -0.115. The van der Waals surface area contributed by atoms with E-state index in [1.54, 1.807) is 0 Å². The van der Waals surface area contributed by atoms with Gasteiger partial charge < -0.3 is 0 Å². The number of carbonyl (C=O) groups is 2. The van der Waals surface area contributed by atoms with Crippen LogP contribution in [0.1, 0.15) is 33.1 Å². The third-order valence-electron chi connectivity index (χ3n) is 2.20. The first-order valence-corrected chi connectivity index (χ1v) is 4.69. The van der Waals surface area contributed by atoms with Crippen LogP contribution in [-0.4, -0.2) is 11.6 Å². The van der Waals surface area contributed by atoms with E-state index in [1.807, 2.05) is 13.8 Å². The monoisotopic (exact) mass is 178 g/mol. The number of allylic oxidation sites excluding steroid dienone is 4. The molecule has 0 aromatic carbocycles. The zero-order valence-electron chi connectivity index (χ0n) is 8.09. The van der Waals surface area contributed by atoms with Crippen LogP contribution in [0, 0.1) is 0 Å². The third kappa shape index (κ3) is 1.94. The van der Waals surface area contributed by atoms with E-state index >= 15 is 0 Å². The SMILES string of the molecule is CCCC1=C(CC)C(=O)C=CC1=O. The topological polar surface area (TPSA) is 34.1 Å². The lowest BCUT2D eigenvalue weighted by Crippen LogP contribution is -2.14. The van der Waals surface area contributed by atoms with Gasteiger partial charge in [-0.2, -0.15) is 0 Å². The number of carbonyl (C=O) groups excluding carboxylic acids is 2. The average molecular weight is 178 g/mol. The van der Waals surface area contributed by atoms with Crippen LogP contribution in [0.25, 0.3) is 0 Å². The van der Waals surface area contributed by atoms with Gasteiger partial charge in [0, 0.05) is 11.1 Å². The predicted octanol–water partition coefficient (Wildman–Crippen LogP) is 2.20. The van der Waals surface area contributed by atoms with E-state index in [0.717, 1.165) is 18.4 Å². The van der Waals surface area contributed by atoms with Crippen molar-refractivity contribution in [2.24, 2.45) is 0 Å². The largest absolute Gasteiger partial charge is 0.290 e. The summed E-state index contributed by atoms with van der Waals surface area (Å²) in [7, 11) is 0. The molecule has 2 nitrogen and oxygen atoms in total. The number of rotatable bonds is 3. The van der Waals surface area contributed by atoms with Crippen molar-refractivity contribution in [2.75, 3.05) is 0 Å². The maximum absolute atomic E-state index is 11.4. The van der Waals surface area contributed by atoms with Crippen molar-refractivity contribution < 1.29 is 9.59 Å². The van der Waals surface area contributed by atoms with E-state index < -0.39 is 0 Å². The van der Waals surface area contributed by atoms with E-state index in [4.69, 9.17) is 0 Å². The Labute approximate surface area is 78.3 Å². The van der Waals surface area contributed by atoms with Gasteiger partial charge in [-0.05, 0) is 25.0 Å². The highest BCUT2D eigenvalue weighted by molar-refractivity contribution is 6.20. The van der Waals surface area contributed by atoms with Gasteiger partial charge in [-0.1, -0.05) is 20.3 Å². The maximum Gasteiger partial charge on any atom is 0.182 e. The molecule has 13 heavy (non-hydrogen) atoms. The van der Waals surface area contributed by atoms with Crippen molar-refractivity contribution in [3.05, 3.63) is 23.3 Å². The molecule has 0 spiro atoms. The molecule has 0 aromatic rings. The molecule has 0 unspecified atom stereocenters. The first-order valence-electron chi connectivity index (χ1n) is 4.69. The molecule has 0 atom stereocenters. The zero-order valence-corrected chi connectivity index (χ0v) is 8.09. The Bertz CT molecular complexity index is 295. The Morgan fingerprint density at radius 2 is 1.54 bits per heavy atom. The lowest BCUT2D eigenvalue weighted by atomic mass is 9.90. The van der Waals surface area contributed by atoms with Gasteiger partial charge in [-0.15, -0.1) is 0 Å². The van der Waals surface area contributed by atoms with Crippen LogP contribution in [0.15, 0.2) is 23.3 Å². The normalized spacial score (nSPS) is 17.1. The lowest BCUT2D eigenvalue weighted by Gasteiger charge is -2.12. The van der Waals surface area contributed by atoms with Crippen molar-refractivity contribution in [1.29, 1.82) is 0 Å². The van der Waals surface area contributed by atoms with E-state index in [9.17, 15) is 9.59 Å². The van der Waals surface area contributed by atoms with Gasteiger partial charge in [-0.3, -0.25) is 9.59 Å². The molecule has 0 heterocycles.